The minimum Gasteiger partial charge on any atom is -0.452 e. The normalized spacial score (nSPS) is 10.4. The standard InChI is InChI=1S/C16H13Cl2FN2O4S/c17-12-7-11(15(18)26-12)16(24)25-8-14(23)21(6-5-13(20)22)10-3-1-9(19)2-4-10/h1-4,7H,5-6,8H2,(H2,20,22). The molecule has 0 fully saturated rings. The Morgan fingerprint density at radius 2 is 1.85 bits per heavy atom. The molecular formula is C16H13Cl2FN2O4S. The molecule has 0 aliphatic carbocycles. The van der Waals surface area contributed by atoms with E-state index in [2.05, 4.69) is 0 Å². The van der Waals surface area contributed by atoms with Crippen LogP contribution in [0.25, 0.3) is 0 Å². The van der Waals surface area contributed by atoms with Gasteiger partial charge in [0.15, 0.2) is 6.61 Å². The van der Waals surface area contributed by atoms with Crippen molar-refractivity contribution in [2.75, 3.05) is 18.1 Å². The third-order valence-corrected chi connectivity index (χ3v) is 4.71. The van der Waals surface area contributed by atoms with Gasteiger partial charge in [-0.15, -0.1) is 11.3 Å². The van der Waals surface area contributed by atoms with E-state index in [1.54, 1.807) is 0 Å². The summed E-state index contributed by atoms with van der Waals surface area (Å²) in [5.74, 6) is -2.50. The molecule has 2 rings (SSSR count). The molecular weight excluding hydrogens is 406 g/mol. The topological polar surface area (TPSA) is 89.7 Å². The maximum Gasteiger partial charge on any atom is 0.341 e. The molecule has 1 heterocycles. The lowest BCUT2D eigenvalue weighted by atomic mass is 10.2. The fourth-order valence-electron chi connectivity index (χ4n) is 2.00. The largest absolute Gasteiger partial charge is 0.452 e. The van der Waals surface area contributed by atoms with Crippen LogP contribution in [-0.2, 0) is 14.3 Å². The summed E-state index contributed by atoms with van der Waals surface area (Å²) in [7, 11) is 0. The van der Waals surface area contributed by atoms with Crippen LogP contribution in [0.15, 0.2) is 30.3 Å². The molecule has 0 bridgehead atoms. The van der Waals surface area contributed by atoms with E-state index in [0.29, 0.717) is 10.0 Å². The Balaban J connectivity index is 2.08. The van der Waals surface area contributed by atoms with Gasteiger partial charge in [-0.25, -0.2) is 9.18 Å². The maximum absolute atomic E-state index is 13.1. The number of anilines is 1. The Kier molecular flexibility index (Phi) is 6.96. The number of ether oxygens (including phenoxy) is 1. The molecule has 1 aromatic heterocycles. The Morgan fingerprint density at radius 3 is 2.38 bits per heavy atom. The number of esters is 1. The summed E-state index contributed by atoms with van der Waals surface area (Å²) >= 11 is 12.6. The predicted octanol–water partition coefficient (Wildman–Crippen LogP) is 3.26. The number of rotatable bonds is 7. The number of hydrogen-bond donors (Lipinski definition) is 1. The maximum atomic E-state index is 13.1. The number of thiophene rings is 1. The molecule has 138 valence electrons. The van der Waals surface area contributed by atoms with Gasteiger partial charge in [-0.2, -0.15) is 0 Å². The van der Waals surface area contributed by atoms with E-state index in [1.165, 1.54) is 35.2 Å². The number of benzene rings is 1. The van der Waals surface area contributed by atoms with Crippen molar-refractivity contribution in [3.05, 3.63) is 50.4 Å². The fourth-order valence-corrected chi connectivity index (χ4v) is 3.44. The molecule has 0 saturated heterocycles. The Morgan fingerprint density at radius 1 is 1.19 bits per heavy atom. The van der Waals surface area contributed by atoms with Crippen LogP contribution in [0.1, 0.15) is 16.8 Å². The number of carbonyl (C=O) groups is 3. The molecule has 0 spiro atoms. The summed E-state index contributed by atoms with van der Waals surface area (Å²) in [4.78, 5) is 36.6. The van der Waals surface area contributed by atoms with Gasteiger partial charge in [0.1, 0.15) is 10.2 Å². The smallest absolute Gasteiger partial charge is 0.341 e. The van der Waals surface area contributed by atoms with Crippen LogP contribution in [0.5, 0.6) is 0 Å². The second-order valence-corrected chi connectivity index (χ2v) is 7.34. The highest BCUT2D eigenvalue weighted by Gasteiger charge is 2.21. The first-order valence-electron chi connectivity index (χ1n) is 7.24. The summed E-state index contributed by atoms with van der Waals surface area (Å²) < 4.78 is 18.5. The van der Waals surface area contributed by atoms with Gasteiger partial charge < -0.3 is 15.4 Å². The van der Waals surface area contributed by atoms with Gasteiger partial charge in [-0.05, 0) is 30.3 Å². The number of amides is 2. The van der Waals surface area contributed by atoms with E-state index in [1.807, 2.05) is 0 Å². The first-order chi connectivity index (χ1) is 12.3. The van der Waals surface area contributed by atoms with Gasteiger partial charge in [0.25, 0.3) is 5.91 Å². The van der Waals surface area contributed by atoms with Crippen LogP contribution >= 0.6 is 34.5 Å². The first-order valence-corrected chi connectivity index (χ1v) is 8.81. The zero-order valence-electron chi connectivity index (χ0n) is 13.2. The molecule has 0 aliphatic rings. The third kappa shape index (κ3) is 5.42. The minimum atomic E-state index is -0.805. The monoisotopic (exact) mass is 418 g/mol. The minimum absolute atomic E-state index is 0.0393. The molecule has 0 aliphatic heterocycles. The van der Waals surface area contributed by atoms with Crippen molar-refractivity contribution in [1.82, 2.24) is 0 Å². The van der Waals surface area contributed by atoms with E-state index in [0.717, 1.165) is 11.3 Å². The van der Waals surface area contributed by atoms with Crippen LogP contribution in [0, 0.1) is 5.82 Å². The Bertz CT molecular complexity index is 826. The number of primary amides is 1. The molecule has 0 unspecified atom stereocenters. The summed E-state index contributed by atoms with van der Waals surface area (Å²) in [6.45, 7) is -0.638. The quantitative estimate of drug-likeness (QED) is 0.698. The summed E-state index contributed by atoms with van der Waals surface area (Å²) in [6, 6.07) is 6.40. The van der Waals surface area contributed by atoms with Crippen molar-refractivity contribution >= 4 is 58.0 Å². The summed E-state index contributed by atoms with van der Waals surface area (Å²) in [5, 5.41) is 0. The molecule has 26 heavy (non-hydrogen) atoms. The average Bonchev–Trinajstić information content (AvgIpc) is 2.92. The van der Waals surface area contributed by atoms with E-state index in [9.17, 15) is 18.8 Å². The molecule has 0 radical (unpaired) electrons. The Labute approximate surface area is 162 Å². The van der Waals surface area contributed by atoms with Gasteiger partial charge in [0.2, 0.25) is 5.91 Å². The molecule has 6 nitrogen and oxygen atoms in total. The highest BCUT2D eigenvalue weighted by molar-refractivity contribution is 7.20. The molecule has 1 aromatic carbocycles. The van der Waals surface area contributed by atoms with Crippen LogP contribution in [0.3, 0.4) is 0 Å². The van der Waals surface area contributed by atoms with Gasteiger partial charge in [0, 0.05) is 18.7 Å². The third-order valence-electron chi connectivity index (χ3n) is 3.22. The average molecular weight is 419 g/mol. The van der Waals surface area contributed by atoms with Crippen LogP contribution < -0.4 is 10.6 Å². The van der Waals surface area contributed by atoms with Crippen molar-refractivity contribution < 1.29 is 23.5 Å². The highest BCUT2D eigenvalue weighted by Crippen LogP contribution is 2.31. The lowest BCUT2D eigenvalue weighted by Gasteiger charge is -2.22. The van der Waals surface area contributed by atoms with Crippen molar-refractivity contribution in [2.45, 2.75) is 6.42 Å². The molecule has 2 N–H and O–H groups in total. The molecule has 10 heteroatoms. The molecule has 0 atom stereocenters. The SMILES string of the molecule is NC(=O)CCN(C(=O)COC(=O)c1cc(Cl)sc1Cl)c1ccc(F)cc1. The fraction of sp³-hybridized carbons (Fsp3) is 0.188. The highest BCUT2D eigenvalue weighted by atomic mass is 35.5. The van der Waals surface area contributed by atoms with E-state index in [4.69, 9.17) is 33.7 Å². The number of nitrogens with two attached hydrogens (primary N) is 1. The van der Waals surface area contributed by atoms with E-state index >= 15 is 0 Å². The number of hydrogen-bond acceptors (Lipinski definition) is 5. The first kappa shape index (κ1) is 20.2. The van der Waals surface area contributed by atoms with Gasteiger partial charge in [-0.3, -0.25) is 9.59 Å². The molecule has 2 aromatic rings. The van der Waals surface area contributed by atoms with Gasteiger partial charge in [0.05, 0.1) is 9.90 Å². The predicted molar refractivity (Wildman–Crippen MR) is 97.2 cm³/mol. The number of halogens is 3. The van der Waals surface area contributed by atoms with Crippen molar-refractivity contribution in [3.8, 4) is 0 Å². The van der Waals surface area contributed by atoms with E-state index < -0.39 is 30.2 Å². The van der Waals surface area contributed by atoms with Crippen molar-refractivity contribution in [3.63, 3.8) is 0 Å². The number of nitrogens with zero attached hydrogens (tertiary/aromatic N) is 1. The Hall–Kier alpha value is -2.16. The second-order valence-electron chi connectivity index (χ2n) is 5.05. The molecule has 0 saturated carbocycles. The van der Waals surface area contributed by atoms with Crippen LogP contribution in [-0.4, -0.2) is 30.9 Å². The van der Waals surface area contributed by atoms with E-state index in [-0.39, 0.29) is 22.9 Å². The van der Waals surface area contributed by atoms with Crippen molar-refractivity contribution in [2.24, 2.45) is 5.73 Å². The zero-order valence-corrected chi connectivity index (χ0v) is 15.5. The number of carbonyl (C=O) groups excluding carboxylic acids is 3. The van der Waals surface area contributed by atoms with Gasteiger partial charge in [-0.1, -0.05) is 23.2 Å². The lowest BCUT2D eigenvalue weighted by molar-refractivity contribution is -0.121. The van der Waals surface area contributed by atoms with Crippen molar-refractivity contribution in [1.29, 1.82) is 0 Å². The summed E-state index contributed by atoms with van der Waals surface area (Å²) in [6.07, 6.45) is -0.108. The van der Waals surface area contributed by atoms with Crippen LogP contribution in [0.2, 0.25) is 8.67 Å². The second kappa shape index (κ2) is 8.98. The van der Waals surface area contributed by atoms with Gasteiger partial charge >= 0.3 is 5.97 Å². The lowest BCUT2D eigenvalue weighted by Crippen LogP contribution is -2.37. The summed E-state index contributed by atoms with van der Waals surface area (Å²) in [5.41, 5.74) is 5.51. The zero-order chi connectivity index (χ0) is 19.3. The van der Waals surface area contributed by atoms with Crippen LogP contribution in [0.4, 0.5) is 10.1 Å². The molecule has 2 amide bonds.